The van der Waals surface area contributed by atoms with Crippen LogP contribution in [0.5, 0.6) is 0 Å². The molecule has 0 aliphatic rings. The van der Waals surface area contributed by atoms with Gasteiger partial charge in [0.25, 0.3) is 0 Å². The highest BCUT2D eigenvalue weighted by molar-refractivity contribution is 5.13. The van der Waals surface area contributed by atoms with Crippen LogP contribution in [-0.2, 0) is 27.2 Å². The molecule has 5 heteroatoms. The molecule has 2 heterocycles. The maximum absolute atomic E-state index is 4.52. The maximum Gasteiger partial charge on any atom is 0.243 e. The van der Waals surface area contributed by atoms with Crippen molar-refractivity contribution in [3.05, 3.63) is 66.5 Å². The average molecular weight is 269 g/mol. The van der Waals surface area contributed by atoms with Crippen LogP contribution in [0.1, 0.15) is 11.3 Å². The second-order valence-corrected chi connectivity index (χ2v) is 5.07. The number of hydrogen-bond donors (Lipinski definition) is 0. The van der Waals surface area contributed by atoms with Gasteiger partial charge in [-0.3, -0.25) is 0 Å². The third-order valence-electron chi connectivity index (χ3n) is 3.32. The number of hydrogen-bond acceptors (Lipinski definition) is 1. The van der Waals surface area contributed by atoms with E-state index in [2.05, 4.69) is 52.8 Å². The first kappa shape index (κ1) is 12.6. The second-order valence-electron chi connectivity index (χ2n) is 5.07. The van der Waals surface area contributed by atoms with E-state index in [1.165, 1.54) is 11.3 Å². The molecule has 20 heavy (non-hydrogen) atoms. The summed E-state index contributed by atoms with van der Waals surface area (Å²) < 4.78 is 8.09. The molecule has 0 saturated heterocycles. The third-order valence-corrected chi connectivity index (χ3v) is 3.32. The fourth-order valence-electron chi connectivity index (χ4n) is 2.28. The summed E-state index contributed by atoms with van der Waals surface area (Å²) in [5, 5.41) is 4.52. The zero-order valence-electron chi connectivity index (χ0n) is 11.8. The molecule has 3 rings (SSSR count). The van der Waals surface area contributed by atoms with E-state index in [0.717, 1.165) is 13.1 Å². The topological polar surface area (TPSA) is 30.5 Å². The molecule has 0 amide bonds. The van der Waals surface area contributed by atoms with Crippen LogP contribution in [0.15, 0.2) is 55.2 Å². The summed E-state index contributed by atoms with van der Waals surface area (Å²) in [5.41, 5.74) is 2.44. The van der Waals surface area contributed by atoms with Gasteiger partial charge in [0.2, 0.25) is 12.0 Å². The molecule has 0 fully saturated rings. The first-order valence-corrected chi connectivity index (χ1v) is 6.68. The van der Waals surface area contributed by atoms with Crippen LogP contribution in [0, 0.1) is 0 Å². The average Bonchev–Trinajstić information content (AvgIpc) is 2.98. The van der Waals surface area contributed by atoms with E-state index in [4.69, 9.17) is 0 Å². The van der Waals surface area contributed by atoms with Crippen LogP contribution in [0.3, 0.4) is 0 Å². The van der Waals surface area contributed by atoms with Gasteiger partial charge in [-0.15, -0.1) is 9.36 Å². The van der Waals surface area contributed by atoms with E-state index in [9.17, 15) is 0 Å². The molecule has 0 aliphatic carbocycles. The summed E-state index contributed by atoms with van der Waals surface area (Å²) in [7, 11) is 4.01. The highest BCUT2D eigenvalue weighted by atomic mass is 15.5. The summed E-state index contributed by atoms with van der Waals surface area (Å²) in [4.78, 5) is 0. The summed E-state index contributed by atoms with van der Waals surface area (Å²) in [5.74, 6) is 0. The number of aromatic nitrogens is 5. The van der Waals surface area contributed by atoms with Gasteiger partial charge in [0, 0.05) is 0 Å². The minimum atomic E-state index is 0.800. The van der Waals surface area contributed by atoms with Crippen molar-refractivity contribution in [3.63, 3.8) is 0 Å². The van der Waals surface area contributed by atoms with Gasteiger partial charge in [-0.1, -0.05) is 30.3 Å². The lowest BCUT2D eigenvalue weighted by Gasteiger charge is -1.93. The molecule has 102 valence electrons. The molecule has 0 atom stereocenters. The first-order chi connectivity index (χ1) is 9.70. The van der Waals surface area contributed by atoms with Gasteiger partial charge in [0.05, 0.1) is 12.3 Å². The lowest BCUT2D eigenvalue weighted by Crippen LogP contribution is -2.36. The fourth-order valence-corrected chi connectivity index (χ4v) is 2.28. The van der Waals surface area contributed by atoms with Gasteiger partial charge < -0.3 is 0 Å². The molecule has 0 saturated carbocycles. The quantitative estimate of drug-likeness (QED) is 0.632. The predicted molar refractivity (Wildman–Crippen MR) is 73.7 cm³/mol. The standard InChI is InChI=1S/C15H19N5/c1-17-8-9-19(13-17)11-15-12-20(16-18(15)2)10-14-6-4-3-5-7-14/h3-9,12-13H,10-11H2,1-2H3/q+2. The van der Waals surface area contributed by atoms with Crippen molar-refractivity contribution in [2.45, 2.75) is 13.1 Å². The van der Waals surface area contributed by atoms with Gasteiger partial charge in [-0.05, 0) is 5.56 Å². The number of imidazole rings is 1. The Morgan fingerprint density at radius 2 is 2.00 bits per heavy atom. The van der Waals surface area contributed by atoms with E-state index < -0.39 is 0 Å². The number of benzene rings is 1. The van der Waals surface area contributed by atoms with Crippen molar-refractivity contribution in [2.75, 3.05) is 0 Å². The van der Waals surface area contributed by atoms with Crippen LogP contribution in [0.25, 0.3) is 0 Å². The lowest BCUT2D eigenvalue weighted by atomic mass is 10.2. The van der Waals surface area contributed by atoms with Gasteiger partial charge in [0.1, 0.15) is 26.0 Å². The van der Waals surface area contributed by atoms with Crippen molar-refractivity contribution in [1.29, 1.82) is 0 Å². The Bertz CT molecular complexity index is 696. The number of aryl methyl sites for hydroxylation is 2. The van der Waals surface area contributed by atoms with Crippen molar-refractivity contribution in [2.24, 2.45) is 14.1 Å². The first-order valence-electron chi connectivity index (χ1n) is 6.68. The largest absolute Gasteiger partial charge is 0.243 e. The van der Waals surface area contributed by atoms with E-state index in [1.54, 1.807) is 0 Å². The SMILES string of the molecule is Cn1n[n+](Cc2ccccc2)cc1Cn1cc[n+](C)c1. The van der Waals surface area contributed by atoms with Crippen molar-refractivity contribution in [3.8, 4) is 0 Å². The van der Waals surface area contributed by atoms with Gasteiger partial charge in [-0.2, -0.15) is 0 Å². The summed E-state index contributed by atoms with van der Waals surface area (Å²) >= 11 is 0. The molecular formula is C15H19N5+2. The highest BCUT2D eigenvalue weighted by Crippen LogP contribution is 2.00. The molecule has 0 unspecified atom stereocenters. The second kappa shape index (κ2) is 5.28. The Morgan fingerprint density at radius 1 is 1.20 bits per heavy atom. The minimum absolute atomic E-state index is 0.800. The van der Waals surface area contributed by atoms with E-state index in [-0.39, 0.29) is 0 Å². The summed E-state index contributed by atoms with van der Waals surface area (Å²) in [6, 6.07) is 10.4. The van der Waals surface area contributed by atoms with Crippen molar-refractivity contribution >= 4 is 0 Å². The Balaban J connectivity index is 1.77. The number of nitrogens with zero attached hydrogens (tertiary/aromatic N) is 5. The summed E-state index contributed by atoms with van der Waals surface area (Å²) in [6.07, 6.45) is 8.27. The molecule has 3 aromatic rings. The molecule has 0 spiro atoms. The molecule has 0 bridgehead atoms. The Kier molecular flexibility index (Phi) is 3.33. The third kappa shape index (κ3) is 2.77. The fraction of sp³-hybridized carbons (Fsp3) is 0.267. The Morgan fingerprint density at radius 3 is 2.70 bits per heavy atom. The smallest absolute Gasteiger partial charge is 0.240 e. The van der Waals surface area contributed by atoms with E-state index >= 15 is 0 Å². The van der Waals surface area contributed by atoms with Crippen LogP contribution < -0.4 is 9.25 Å². The Labute approximate surface area is 118 Å². The minimum Gasteiger partial charge on any atom is -0.240 e. The van der Waals surface area contributed by atoms with Crippen molar-refractivity contribution < 1.29 is 9.25 Å². The molecule has 0 aliphatic heterocycles. The zero-order valence-corrected chi connectivity index (χ0v) is 11.8. The zero-order chi connectivity index (χ0) is 13.9. The van der Waals surface area contributed by atoms with Crippen LogP contribution in [0.4, 0.5) is 0 Å². The predicted octanol–water partition coefficient (Wildman–Crippen LogP) is 0.430. The lowest BCUT2D eigenvalue weighted by molar-refractivity contribution is -0.747. The molecule has 2 aromatic heterocycles. The van der Waals surface area contributed by atoms with E-state index in [1.807, 2.05) is 40.3 Å². The van der Waals surface area contributed by atoms with Gasteiger partial charge >= 0.3 is 0 Å². The molecule has 1 aromatic carbocycles. The monoisotopic (exact) mass is 269 g/mol. The van der Waals surface area contributed by atoms with Crippen LogP contribution in [-0.4, -0.2) is 14.5 Å². The van der Waals surface area contributed by atoms with Crippen LogP contribution >= 0.6 is 0 Å². The molecule has 0 N–H and O–H groups in total. The number of rotatable bonds is 4. The van der Waals surface area contributed by atoms with Crippen LogP contribution in [0.2, 0.25) is 0 Å². The highest BCUT2D eigenvalue weighted by Gasteiger charge is 2.15. The Hall–Kier alpha value is -2.43. The molecular weight excluding hydrogens is 250 g/mol. The van der Waals surface area contributed by atoms with Gasteiger partial charge in [0.15, 0.2) is 12.7 Å². The molecule has 5 nitrogen and oxygen atoms in total. The summed E-state index contributed by atoms with van der Waals surface area (Å²) in [6.45, 7) is 1.63. The maximum atomic E-state index is 4.52. The van der Waals surface area contributed by atoms with E-state index in [0.29, 0.717) is 0 Å². The normalized spacial score (nSPS) is 10.9. The van der Waals surface area contributed by atoms with Crippen molar-refractivity contribution in [1.82, 2.24) is 14.5 Å². The van der Waals surface area contributed by atoms with Gasteiger partial charge in [-0.25, -0.2) is 9.13 Å². The molecule has 0 radical (unpaired) electrons.